The van der Waals surface area contributed by atoms with Crippen LogP contribution < -0.4 is 18.8 Å². The molecule has 0 unspecified atom stereocenters. The Kier molecular flexibility index (Phi) is 5.72. The fourth-order valence-electron chi connectivity index (χ4n) is 5.00. The number of ether oxygens (including phenoxy) is 3. The van der Waals surface area contributed by atoms with Crippen LogP contribution in [0.4, 0.5) is 0 Å². The molecule has 172 valence electrons. The Bertz CT molecular complexity index is 1530. The zero-order valence-corrected chi connectivity index (χ0v) is 19.9. The van der Waals surface area contributed by atoms with Crippen molar-refractivity contribution in [3.63, 3.8) is 0 Å². The third kappa shape index (κ3) is 3.49. The van der Waals surface area contributed by atoms with Crippen molar-refractivity contribution in [1.29, 1.82) is 0 Å². The SMILES string of the molecule is COc1cc2cc(Cc3ccccc3)c3c4ccc(CO)c(OC)c4c[n+](C)c3c2cc1OC. The molecule has 1 heterocycles. The first-order valence-corrected chi connectivity index (χ1v) is 11.2. The Morgan fingerprint density at radius 3 is 2.18 bits per heavy atom. The average Bonchev–Trinajstić information content (AvgIpc) is 2.87. The summed E-state index contributed by atoms with van der Waals surface area (Å²) in [5.74, 6) is 2.11. The smallest absolute Gasteiger partial charge is 0.221 e. The highest BCUT2D eigenvalue weighted by atomic mass is 16.5. The second-order valence-corrected chi connectivity index (χ2v) is 8.47. The maximum atomic E-state index is 9.88. The molecule has 0 amide bonds. The van der Waals surface area contributed by atoms with Crippen LogP contribution in [0.15, 0.2) is 66.9 Å². The van der Waals surface area contributed by atoms with Gasteiger partial charge < -0.3 is 19.3 Å². The largest absolute Gasteiger partial charge is 0.495 e. The van der Waals surface area contributed by atoms with E-state index in [0.29, 0.717) is 17.2 Å². The number of aliphatic hydroxyl groups excluding tert-OH is 1. The van der Waals surface area contributed by atoms with Gasteiger partial charge in [0.2, 0.25) is 5.52 Å². The number of hydrogen-bond donors (Lipinski definition) is 1. The lowest BCUT2D eigenvalue weighted by atomic mass is 9.92. The summed E-state index contributed by atoms with van der Waals surface area (Å²) in [4.78, 5) is 0. The molecule has 0 fully saturated rings. The summed E-state index contributed by atoms with van der Waals surface area (Å²) >= 11 is 0. The van der Waals surface area contributed by atoms with Crippen molar-refractivity contribution in [2.24, 2.45) is 7.05 Å². The van der Waals surface area contributed by atoms with Crippen LogP contribution in [0.25, 0.3) is 32.4 Å². The van der Waals surface area contributed by atoms with Gasteiger partial charge in [0.15, 0.2) is 17.7 Å². The molecule has 0 spiro atoms. The summed E-state index contributed by atoms with van der Waals surface area (Å²) in [5, 5.41) is 15.3. The van der Waals surface area contributed by atoms with Crippen molar-refractivity contribution < 1.29 is 23.9 Å². The van der Waals surface area contributed by atoms with Gasteiger partial charge in [-0.2, -0.15) is 4.57 Å². The van der Waals surface area contributed by atoms with E-state index in [4.69, 9.17) is 14.2 Å². The number of aliphatic hydroxyl groups is 1. The maximum Gasteiger partial charge on any atom is 0.221 e. The van der Waals surface area contributed by atoms with Crippen molar-refractivity contribution in [3.8, 4) is 17.2 Å². The minimum Gasteiger partial charge on any atom is -0.495 e. The van der Waals surface area contributed by atoms with E-state index in [1.54, 1.807) is 21.3 Å². The van der Waals surface area contributed by atoms with Gasteiger partial charge in [0.1, 0.15) is 12.8 Å². The molecule has 34 heavy (non-hydrogen) atoms. The van der Waals surface area contributed by atoms with Crippen LogP contribution >= 0.6 is 0 Å². The first-order chi connectivity index (χ1) is 16.6. The van der Waals surface area contributed by atoms with Crippen molar-refractivity contribution in [2.45, 2.75) is 13.0 Å². The van der Waals surface area contributed by atoms with Crippen LogP contribution in [0.2, 0.25) is 0 Å². The second-order valence-electron chi connectivity index (χ2n) is 8.47. The summed E-state index contributed by atoms with van der Waals surface area (Å²) in [5.41, 5.74) is 4.32. The minimum absolute atomic E-state index is 0.0769. The molecule has 0 bridgehead atoms. The summed E-state index contributed by atoms with van der Waals surface area (Å²) in [6, 6.07) is 20.9. The molecular weight excluding hydrogens is 426 g/mol. The fourth-order valence-corrected chi connectivity index (χ4v) is 5.00. The van der Waals surface area contributed by atoms with Gasteiger partial charge in [0, 0.05) is 10.9 Å². The number of hydrogen-bond acceptors (Lipinski definition) is 4. The van der Waals surface area contributed by atoms with Crippen molar-refractivity contribution in [2.75, 3.05) is 21.3 Å². The summed E-state index contributed by atoms with van der Waals surface area (Å²) in [6.45, 7) is -0.0769. The molecule has 5 nitrogen and oxygen atoms in total. The van der Waals surface area contributed by atoms with E-state index in [0.717, 1.165) is 44.4 Å². The highest BCUT2D eigenvalue weighted by Crippen LogP contribution is 2.40. The third-order valence-electron chi connectivity index (χ3n) is 6.53. The van der Waals surface area contributed by atoms with Crippen LogP contribution in [0.3, 0.4) is 0 Å². The number of aromatic nitrogens is 1. The number of benzene rings is 4. The molecule has 0 atom stereocenters. The zero-order chi connectivity index (χ0) is 23.8. The number of rotatable bonds is 6. The maximum absolute atomic E-state index is 9.88. The molecule has 0 radical (unpaired) electrons. The van der Waals surface area contributed by atoms with Crippen LogP contribution in [-0.2, 0) is 20.1 Å². The number of methoxy groups -OCH3 is 3. The molecule has 0 aliphatic carbocycles. The van der Waals surface area contributed by atoms with Crippen molar-refractivity contribution in [1.82, 2.24) is 0 Å². The third-order valence-corrected chi connectivity index (χ3v) is 6.53. The quantitative estimate of drug-likeness (QED) is 0.287. The molecule has 5 heteroatoms. The Labute approximate surface area is 198 Å². The molecular formula is C29H28NO4+. The average molecular weight is 455 g/mol. The Balaban J connectivity index is 1.96. The van der Waals surface area contributed by atoms with E-state index in [-0.39, 0.29) is 6.61 Å². The van der Waals surface area contributed by atoms with Crippen molar-refractivity contribution in [3.05, 3.63) is 83.6 Å². The summed E-state index contributed by atoms with van der Waals surface area (Å²) in [6.07, 6.45) is 2.86. The summed E-state index contributed by atoms with van der Waals surface area (Å²) < 4.78 is 19.1. The molecule has 4 aromatic carbocycles. The Hall–Kier alpha value is -3.83. The van der Waals surface area contributed by atoms with E-state index in [2.05, 4.69) is 54.2 Å². The molecule has 1 aromatic heterocycles. The Morgan fingerprint density at radius 1 is 0.765 bits per heavy atom. The Morgan fingerprint density at radius 2 is 1.50 bits per heavy atom. The number of nitrogens with zero attached hydrogens (tertiary/aromatic N) is 1. The summed E-state index contributed by atoms with van der Waals surface area (Å²) in [7, 11) is 7.02. The van der Waals surface area contributed by atoms with Gasteiger partial charge in [0.25, 0.3) is 0 Å². The van der Waals surface area contributed by atoms with Gasteiger partial charge >= 0.3 is 0 Å². The number of fused-ring (bicyclic) bond motifs is 5. The lowest BCUT2D eigenvalue weighted by molar-refractivity contribution is -0.642. The number of aryl methyl sites for hydroxylation is 1. The van der Waals surface area contributed by atoms with Crippen LogP contribution in [0.5, 0.6) is 17.2 Å². The normalized spacial score (nSPS) is 11.3. The predicted molar refractivity (Wildman–Crippen MR) is 135 cm³/mol. The van der Waals surface area contributed by atoms with E-state index in [9.17, 15) is 5.11 Å². The predicted octanol–water partition coefficient (Wildman–Crippen LogP) is 5.08. The van der Waals surface area contributed by atoms with Gasteiger partial charge in [-0.1, -0.05) is 42.5 Å². The zero-order valence-electron chi connectivity index (χ0n) is 19.9. The van der Waals surface area contributed by atoms with E-state index in [1.165, 1.54) is 11.1 Å². The first kappa shape index (κ1) is 22.0. The molecule has 0 aliphatic heterocycles. The van der Waals surface area contributed by atoms with Gasteiger partial charge in [-0.05, 0) is 41.1 Å². The lowest BCUT2D eigenvalue weighted by Crippen LogP contribution is -2.29. The molecule has 0 saturated heterocycles. The minimum atomic E-state index is -0.0769. The van der Waals surface area contributed by atoms with E-state index >= 15 is 0 Å². The lowest BCUT2D eigenvalue weighted by Gasteiger charge is -2.16. The van der Waals surface area contributed by atoms with Gasteiger partial charge in [0.05, 0.1) is 44.1 Å². The van der Waals surface area contributed by atoms with Gasteiger partial charge in [-0.3, -0.25) is 0 Å². The van der Waals surface area contributed by atoms with E-state index in [1.807, 2.05) is 24.3 Å². The highest BCUT2D eigenvalue weighted by molar-refractivity contribution is 6.16. The monoisotopic (exact) mass is 454 g/mol. The number of pyridine rings is 1. The first-order valence-electron chi connectivity index (χ1n) is 11.2. The van der Waals surface area contributed by atoms with E-state index < -0.39 is 0 Å². The molecule has 0 aliphatic rings. The topological polar surface area (TPSA) is 51.8 Å². The van der Waals surface area contributed by atoms with Gasteiger partial charge in [-0.15, -0.1) is 0 Å². The standard InChI is InChI=1S/C29H28NO4/c1-30-16-24-22(11-10-19(17-31)29(24)34-4)27-21(12-18-8-6-5-7-9-18)13-20-14-25(32-2)26(33-3)15-23(20)28(27)30/h5-11,13-16,31H,12,17H2,1-4H3/q+1. The van der Waals surface area contributed by atoms with Crippen LogP contribution in [0.1, 0.15) is 16.7 Å². The second kappa shape index (κ2) is 8.84. The van der Waals surface area contributed by atoms with Gasteiger partial charge in [-0.25, -0.2) is 0 Å². The molecule has 1 N–H and O–H groups in total. The fraction of sp³-hybridized carbons (Fsp3) is 0.207. The van der Waals surface area contributed by atoms with Crippen LogP contribution in [0, 0.1) is 0 Å². The molecule has 5 aromatic rings. The van der Waals surface area contributed by atoms with Crippen molar-refractivity contribution >= 4 is 32.4 Å². The highest BCUT2D eigenvalue weighted by Gasteiger charge is 2.23. The van der Waals surface area contributed by atoms with Crippen LogP contribution in [-0.4, -0.2) is 26.4 Å². The molecule has 5 rings (SSSR count). The molecule has 0 saturated carbocycles.